The molecule has 0 amide bonds. The predicted octanol–water partition coefficient (Wildman–Crippen LogP) is 4.56. The van der Waals surface area contributed by atoms with E-state index in [-0.39, 0.29) is 11.6 Å². The van der Waals surface area contributed by atoms with Crippen LogP contribution in [-0.4, -0.2) is 11.7 Å². The topological polar surface area (TPSA) is 32.3 Å². The van der Waals surface area contributed by atoms with Crippen LogP contribution in [0.3, 0.4) is 0 Å². The molecular weight excluding hydrogens is 345 g/mol. The molecule has 0 saturated carbocycles. The quantitative estimate of drug-likeness (QED) is 0.839. The summed E-state index contributed by atoms with van der Waals surface area (Å²) in [7, 11) is 0. The molecule has 0 saturated heterocycles. The molecule has 2 N–H and O–H groups in total. The van der Waals surface area contributed by atoms with Crippen LogP contribution in [0.15, 0.2) is 46.9 Å². The molecule has 2 nitrogen and oxygen atoms in total. The molecule has 106 valence electrons. The Labute approximate surface area is 130 Å². The van der Waals surface area contributed by atoms with Crippen LogP contribution in [-0.2, 0) is 5.60 Å². The van der Waals surface area contributed by atoms with Crippen molar-refractivity contribution in [2.75, 3.05) is 11.9 Å². The number of hydrogen-bond donors (Lipinski definition) is 2. The lowest BCUT2D eigenvalue weighted by Crippen LogP contribution is -2.30. The molecule has 0 heterocycles. The fourth-order valence-electron chi connectivity index (χ4n) is 1.87. The normalized spacial score (nSPS) is 13.8. The molecule has 2 aromatic rings. The summed E-state index contributed by atoms with van der Waals surface area (Å²) in [5.74, 6) is -0.415. The molecule has 2 rings (SSSR count). The number of hydrogen-bond acceptors (Lipinski definition) is 2. The van der Waals surface area contributed by atoms with Crippen LogP contribution < -0.4 is 5.32 Å². The van der Waals surface area contributed by atoms with Crippen LogP contribution in [0.4, 0.5) is 10.1 Å². The van der Waals surface area contributed by atoms with Gasteiger partial charge in [0, 0.05) is 11.0 Å². The first-order chi connectivity index (χ1) is 9.40. The summed E-state index contributed by atoms with van der Waals surface area (Å²) >= 11 is 9.25. The van der Waals surface area contributed by atoms with Crippen molar-refractivity contribution in [3.63, 3.8) is 0 Å². The van der Waals surface area contributed by atoms with Gasteiger partial charge in [-0.05, 0) is 40.5 Å². The first-order valence-electron chi connectivity index (χ1n) is 6.06. The lowest BCUT2D eigenvalue weighted by Gasteiger charge is -2.25. The highest BCUT2D eigenvalue weighted by atomic mass is 79.9. The van der Waals surface area contributed by atoms with E-state index >= 15 is 0 Å². The summed E-state index contributed by atoms with van der Waals surface area (Å²) < 4.78 is 13.7. The second-order valence-corrected chi connectivity index (χ2v) is 6.00. The standard InChI is InChI=1S/C15H14BrClFNO/c1-15(20,10-5-3-2-4-6-10)9-19-14-12(16)7-11(18)8-13(14)17/h2-8,19-20H,9H2,1H3. The van der Waals surface area contributed by atoms with Crippen LogP contribution in [0.5, 0.6) is 0 Å². The first-order valence-corrected chi connectivity index (χ1v) is 7.23. The van der Waals surface area contributed by atoms with E-state index in [2.05, 4.69) is 21.2 Å². The van der Waals surface area contributed by atoms with Gasteiger partial charge in [-0.15, -0.1) is 0 Å². The molecule has 20 heavy (non-hydrogen) atoms. The lowest BCUT2D eigenvalue weighted by atomic mass is 9.96. The SMILES string of the molecule is CC(O)(CNc1c(Cl)cc(F)cc1Br)c1ccccc1. The average Bonchev–Trinajstić information content (AvgIpc) is 2.38. The van der Waals surface area contributed by atoms with Crippen molar-refractivity contribution in [3.8, 4) is 0 Å². The number of rotatable bonds is 4. The summed E-state index contributed by atoms with van der Waals surface area (Å²) in [5.41, 5.74) is 0.296. The van der Waals surface area contributed by atoms with Gasteiger partial charge < -0.3 is 10.4 Å². The minimum Gasteiger partial charge on any atom is -0.384 e. The van der Waals surface area contributed by atoms with Crippen LogP contribution >= 0.6 is 27.5 Å². The first kappa shape index (κ1) is 15.3. The summed E-state index contributed by atoms with van der Waals surface area (Å²) in [6, 6.07) is 11.9. The molecule has 1 atom stereocenters. The number of aliphatic hydroxyl groups is 1. The van der Waals surface area contributed by atoms with Crippen molar-refractivity contribution in [2.24, 2.45) is 0 Å². The molecule has 0 aliphatic carbocycles. The summed E-state index contributed by atoms with van der Waals surface area (Å²) in [4.78, 5) is 0. The number of anilines is 1. The van der Waals surface area contributed by atoms with Gasteiger partial charge in [-0.25, -0.2) is 4.39 Å². The zero-order valence-electron chi connectivity index (χ0n) is 10.8. The molecule has 0 fully saturated rings. The highest BCUT2D eigenvalue weighted by Gasteiger charge is 2.23. The number of halogens is 3. The Bertz CT molecular complexity index is 581. The van der Waals surface area contributed by atoms with Crippen LogP contribution in [0, 0.1) is 5.82 Å². The van der Waals surface area contributed by atoms with Gasteiger partial charge in [0.15, 0.2) is 0 Å². The van der Waals surface area contributed by atoms with E-state index in [9.17, 15) is 9.50 Å². The Morgan fingerprint density at radius 2 is 1.95 bits per heavy atom. The van der Waals surface area contributed by atoms with Gasteiger partial charge in [0.25, 0.3) is 0 Å². The molecule has 0 aliphatic heterocycles. The van der Waals surface area contributed by atoms with Gasteiger partial charge in [0.1, 0.15) is 11.4 Å². The van der Waals surface area contributed by atoms with Crippen LogP contribution in [0.2, 0.25) is 5.02 Å². The molecule has 0 bridgehead atoms. The van der Waals surface area contributed by atoms with E-state index in [1.807, 2.05) is 30.3 Å². The van der Waals surface area contributed by atoms with Gasteiger partial charge in [0.05, 0.1) is 10.7 Å². The summed E-state index contributed by atoms with van der Waals surface area (Å²) in [6.45, 7) is 1.96. The Kier molecular flexibility index (Phi) is 4.68. The maximum Gasteiger partial charge on any atom is 0.125 e. The fraction of sp³-hybridized carbons (Fsp3) is 0.200. The van der Waals surface area contributed by atoms with Gasteiger partial charge >= 0.3 is 0 Å². The third-order valence-electron chi connectivity index (χ3n) is 3.01. The largest absolute Gasteiger partial charge is 0.384 e. The van der Waals surface area contributed by atoms with Crippen molar-refractivity contribution in [2.45, 2.75) is 12.5 Å². The summed E-state index contributed by atoms with van der Waals surface area (Å²) in [6.07, 6.45) is 0. The second-order valence-electron chi connectivity index (χ2n) is 4.74. The fourth-order valence-corrected chi connectivity index (χ4v) is 2.83. The van der Waals surface area contributed by atoms with Crippen molar-refractivity contribution in [1.29, 1.82) is 0 Å². The zero-order valence-corrected chi connectivity index (χ0v) is 13.2. The highest BCUT2D eigenvalue weighted by Crippen LogP contribution is 2.32. The Morgan fingerprint density at radius 1 is 1.30 bits per heavy atom. The van der Waals surface area contributed by atoms with Gasteiger partial charge in [-0.1, -0.05) is 41.9 Å². The van der Waals surface area contributed by atoms with Gasteiger partial charge in [-0.2, -0.15) is 0 Å². The predicted molar refractivity (Wildman–Crippen MR) is 83.6 cm³/mol. The van der Waals surface area contributed by atoms with Crippen LogP contribution in [0.1, 0.15) is 12.5 Å². The smallest absolute Gasteiger partial charge is 0.125 e. The molecule has 0 aliphatic rings. The number of nitrogens with one attached hydrogen (secondary N) is 1. The lowest BCUT2D eigenvalue weighted by molar-refractivity contribution is 0.0715. The minimum atomic E-state index is -1.06. The minimum absolute atomic E-state index is 0.251. The van der Waals surface area contributed by atoms with E-state index < -0.39 is 11.4 Å². The van der Waals surface area contributed by atoms with E-state index in [4.69, 9.17) is 11.6 Å². The molecule has 0 radical (unpaired) electrons. The Balaban J connectivity index is 2.17. The highest BCUT2D eigenvalue weighted by molar-refractivity contribution is 9.10. The summed E-state index contributed by atoms with van der Waals surface area (Å²) in [5, 5.41) is 13.8. The maximum absolute atomic E-state index is 13.2. The van der Waals surface area contributed by atoms with Gasteiger partial charge in [-0.3, -0.25) is 0 Å². The Morgan fingerprint density at radius 3 is 2.55 bits per heavy atom. The molecule has 0 spiro atoms. The van der Waals surface area contributed by atoms with Crippen LogP contribution in [0.25, 0.3) is 0 Å². The third kappa shape index (κ3) is 3.51. The van der Waals surface area contributed by atoms with Crippen molar-refractivity contribution in [3.05, 3.63) is 63.3 Å². The Hall–Kier alpha value is -1.10. The van der Waals surface area contributed by atoms with E-state index in [0.717, 1.165) is 5.56 Å². The van der Waals surface area contributed by atoms with E-state index in [1.54, 1.807) is 6.92 Å². The maximum atomic E-state index is 13.2. The van der Waals surface area contributed by atoms with Crippen molar-refractivity contribution >= 4 is 33.2 Å². The van der Waals surface area contributed by atoms with Crippen molar-refractivity contribution in [1.82, 2.24) is 0 Å². The molecule has 2 aromatic carbocycles. The molecule has 0 aromatic heterocycles. The zero-order chi connectivity index (χ0) is 14.8. The van der Waals surface area contributed by atoms with E-state index in [1.165, 1.54) is 12.1 Å². The number of benzene rings is 2. The average molecular weight is 359 g/mol. The van der Waals surface area contributed by atoms with Crippen molar-refractivity contribution < 1.29 is 9.50 Å². The third-order valence-corrected chi connectivity index (χ3v) is 3.94. The monoisotopic (exact) mass is 357 g/mol. The van der Waals surface area contributed by atoms with E-state index in [0.29, 0.717) is 10.2 Å². The molecule has 1 unspecified atom stereocenters. The molecule has 5 heteroatoms. The van der Waals surface area contributed by atoms with Gasteiger partial charge in [0.2, 0.25) is 0 Å². The molecular formula is C15H14BrClFNO. The second kappa shape index (κ2) is 6.12.